The molecule has 0 bridgehead atoms. The van der Waals surface area contributed by atoms with E-state index in [1.807, 2.05) is 6.07 Å². The van der Waals surface area contributed by atoms with Crippen LogP contribution in [0.1, 0.15) is 0 Å². The highest BCUT2D eigenvalue weighted by Gasteiger charge is 2.20. The molecule has 0 aliphatic rings. The molecule has 0 aliphatic carbocycles. The lowest BCUT2D eigenvalue weighted by Crippen LogP contribution is -1.94. The highest BCUT2D eigenvalue weighted by Crippen LogP contribution is 2.45. The van der Waals surface area contributed by atoms with Crippen LogP contribution in [0, 0.1) is 0 Å². The van der Waals surface area contributed by atoms with Crippen molar-refractivity contribution in [1.29, 1.82) is 0 Å². The van der Waals surface area contributed by atoms with Gasteiger partial charge in [-0.05, 0) is 80.2 Å². The normalized spacial score (nSPS) is 11.9. The zero-order chi connectivity index (χ0) is 30.2. The van der Waals surface area contributed by atoms with Gasteiger partial charge in [0.05, 0.1) is 11.0 Å². The van der Waals surface area contributed by atoms with Crippen molar-refractivity contribution in [3.63, 3.8) is 0 Å². The van der Waals surface area contributed by atoms with Crippen molar-refractivity contribution in [2.24, 2.45) is 0 Å². The predicted molar refractivity (Wildman–Crippen MR) is 194 cm³/mol. The number of hydrogen-bond donors (Lipinski definition) is 0. The number of fused-ring (bicyclic) bond motifs is 9. The van der Waals surface area contributed by atoms with Gasteiger partial charge in [-0.3, -0.25) is 0 Å². The maximum absolute atomic E-state index is 6.29. The topological polar surface area (TPSA) is 18.1 Å². The number of rotatable bonds is 3. The first-order chi connectivity index (χ1) is 22.8. The third kappa shape index (κ3) is 3.53. The molecule has 0 unspecified atom stereocenters. The zero-order valence-corrected chi connectivity index (χ0v) is 24.9. The van der Waals surface area contributed by atoms with Crippen LogP contribution in [0.15, 0.2) is 168 Å². The number of para-hydroxylation sites is 2. The SMILES string of the molecule is c1ccc(-c2c3ccccc3c(-c3ccc(-n4c5ccccc5c5c6c(ccc54)oc4ccccc46)cc3)c3ccccc23)cc1. The fourth-order valence-electron chi connectivity index (χ4n) is 7.69. The second-order valence-electron chi connectivity index (χ2n) is 12.0. The predicted octanol–water partition coefficient (Wildman–Crippen LogP) is 12.3. The van der Waals surface area contributed by atoms with Crippen molar-refractivity contribution in [2.45, 2.75) is 0 Å². The van der Waals surface area contributed by atoms with Crippen LogP contribution in [0.5, 0.6) is 0 Å². The Hall–Kier alpha value is -6.12. The molecule has 0 saturated carbocycles. The first kappa shape index (κ1) is 25.2. The fraction of sp³-hybridized carbons (Fsp3) is 0. The maximum atomic E-state index is 6.29. The zero-order valence-electron chi connectivity index (χ0n) is 24.9. The molecule has 10 rings (SSSR count). The Morgan fingerprint density at radius 3 is 1.50 bits per heavy atom. The molecule has 10 aromatic rings. The van der Waals surface area contributed by atoms with Gasteiger partial charge in [0.1, 0.15) is 11.2 Å². The van der Waals surface area contributed by atoms with Gasteiger partial charge >= 0.3 is 0 Å². The molecule has 8 aromatic carbocycles. The average Bonchev–Trinajstić information content (AvgIpc) is 3.67. The van der Waals surface area contributed by atoms with Crippen LogP contribution in [-0.2, 0) is 0 Å². The Kier molecular flexibility index (Phi) is 5.31. The maximum Gasteiger partial charge on any atom is 0.136 e. The molecule has 2 aromatic heterocycles. The summed E-state index contributed by atoms with van der Waals surface area (Å²) in [5.41, 5.74) is 10.3. The molecule has 2 heterocycles. The summed E-state index contributed by atoms with van der Waals surface area (Å²) in [5.74, 6) is 0. The fourth-order valence-corrected chi connectivity index (χ4v) is 7.69. The lowest BCUT2D eigenvalue weighted by molar-refractivity contribution is 0.669. The molecule has 0 fully saturated rings. The van der Waals surface area contributed by atoms with E-state index in [1.165, 1.54) is 71.0 Å². The van der Waals surface area contributed by atoms with Gasteiger partial charge in [-0.25, -0.2) is 0 Å². The van der Waals surface area contributed by atoms with Gasteiger partial charge < -0.3 is 8.98 Å². The van der Waals surface area contributed by atoms with E-state index in [4.69, 9.17) is 4.42 Å². The van der Waals surface area contributed by atoms with Gasteiger partial charge in [0.25, 0.3) is 0 Å². The Morgan fingerprint density at radius 1 is 0.326 bits per heavy atom. The molecule has 214 valence electrons. The molecule has 2 nitrogen and oxygen atoms in total. The highest BCUT2D eigenvalue weighted by molar-refractivity contribution is 6.27. The average molecular weight is 586 g/mol. The van der Waals surface area contributed by atoms with Crippen LogP contribution in [0.3, 0.4) is 0 Å². The van der Waals surface area contributed by atoms with E-state index < -0.39 is 0 Å². The number of aromatic nitrogens is 1. The summed E-state index contributed by atoms with van der Waals surface area (Å²) in [7, 11) is 0. The Bertz CT molecular complexity index is 2730. The van der Waals surface area contributed by atoms with E-state index in [-0.39, 0.29) is 0 Å². The van der Waals surface area contributed by atoms with Crippen molar-refractivity contribution >= 4 is 65.3 Å². The molecular formula is C44H27NO. The Morgan fingerprint density at radius 2 is 0.848 bits per heavy atom. The minimum Gasteiger partial charge on any atom is -0.456 e. The Balaban J connectivity index is 1.22. The monoisotopic (exact) mass is 585 g/mol. The first-order valence-corrected chi connectivity index (χ1v) is 15.8. The summed E-state index contributed by atoms with van der Waals surface area (Å²) in [6, 6.07) is 59.0. The standard InChI is InChI=1S/C44H27NO/c1-2-12-28(13-3-1)41-31-14-4-6-16-33(31)42(34-17-7-5-15-32(34)41)29-22-24-30(25-23-29)45-37-20-10-8-18-35(37)43-38(45)26-27-40-44(43)36-19-9-11-21-39(36)46-40/h1-27H. The van der Waals surface area contributed by atoms with Crippen LogP contribution >= 0.6 is 0 Å². The molecule has 2 heteroatoms. The molecule has 0 atom stereocenters. The van der Waals surface area contributed by atoms with Crippen LogP contribution < -0.4 is 0 Å². The van der Waals surface area contributed by atoms with E-state index in [0.29, 0.717) is 0 Å². The molecule has 0 amide bonds. The lowest BCUT2D eigenvalue weighted by Gasteiger charge is -2.18. The van der Waals surface area contributed by atoms with Gasteiger partial charge in [0.15, 0.2) is 0 Å². The second kappa shape index (κ2) is 9.69. The number of hydrogen-bond acceptors (Lipinski definition) is 1. The molecular weight excluding hydrogens is 558 g/mol. The smallest absolute Gasteiger partial charge is 0.136 e. The summed E-state index contributed by atoms with van der Waals surface area (Å²) in [6.07, 6.45) is 0. The molecule has 0 radical (unpaired) electrons. The van der Waals surface area contributed by atoms with Crippen molar-refractivity contribution in [1.82, 2.24) is 4.57 Å². The van der Waals surface area contributed by atoms with Crippen LogP contribution in [0.2, 0.25) is 0 Å². The van der Waals surface area contributed by atoms with Crippen molar-refractivity contribution < 1.29 is 4.42 Å². The molecule has 0 saturated heterocycles. The minimum atomic E-state index is 0.920. The first-order valence-electron chi connectivity index (χ1n) is 15.8. The van der Waals surface area contributed by atoms with Gasteiger partial charge in [0, 0.05) is 27.2 Å². The van der Waals surface area contributed by atoms with Crippen LogP contribution in [0.4, 0.5) is 0 Å². The number of nitrogens with zero attached hydrogens (tertiary/aromatic N) is 1. The van der Waals surface area contributed by atoms with Crippen molar-refractivity contribution in [2.75, 3.05) is 0 Å². The number of furan rings is 1. The lowest BCUT2D eigenvalue weighted by atomic mass is 9.86. The van der Waals surface area contributed by atoms with Gasteiger partial charge in [-0.15, -0.1) is 0 Å². The van der Waals surface area contributed by atoms with Gasteiger partial charge in [0.2, 0.25) is 0 Å². The number of benzene rings is 8. The van der Waals surface area contributed by atoms with Crippen molar-refractivity contribution in [3.8, 4) is 27.9 Å². The van der Waals surface area contributed by atoms with E-state index in [9.17, 15) is 0 Å². The molecule has 0 spiro atoms. The summed E-state index contributed by atoms with van der Waals surface area (Å²) in [4.78, 5) is 0. The Labute approximate surface area is 265 Å². The minimum absolute atomic E-state index is 0.920. The molecule has 46 heavy (non-hydrogen) atoms. The third-order valence-electron chi connectivity index (χ3n) is 9.58. The van der Waals surface area contributed by atoms with Gasteiger partial charge in [-0.1, -0.05) is 127 Å². The van der Waals surface area contributed by atoms with E-state index >= 15 is 0 Å². The summed E-state index contributed by atoms with van der Waals surface area (Å²) in [5, 5.41) is 9.85. The summed E-state index contributed by atoms with van der Waals surface area (Å²) >= 11 is 0. The van der Waals surface area contributed by atoms with Crippen LogP contribution in [0.25, 0.3) is 93.2 Å². The second-order valence-corrected chi connectivity index (χ2v) is 12.0. The van der Waals surface area contributed by atoms with E-state index in [1.54, 1.807) is 0 Å². The highest BCUT2D eigenvalue weighted by atomic mass is 16.3. The summed E-state index contributed by atoms with van der Waals surface area (Å²) < 4.78 is 8.68. The third-order valence-corrected chi connectivity index (χ3v) is 9.58. The summed E-state index contributed by atoms with van der Waals surface area (Å²) in [6.45, 7) is 0. The van der Waals surface area contributed by atoms with E-state index in [2.05, 4.69) is 162 Å². The van der Waals surface area contributed by atoms with E-state index in [0.717, 1.165) is 22.2 Å². The van der Waals surface area contributed by atoms with Crippen LogP contribution in [-0.4, -0.2) is 4.57 Å². The van der Waals surface area contributed by atoms with Crippen molar-refractivity contribution in [3.05, 3.63) is 164 Å². The quantitative estimate of drug-likeness (QED) is 0.189. The molecule has 0 N–H and O–H groups in total. The van der Waals surface area contributed by atoms with Gasteiger partial charge in [-0.2, -0.15) is 0 Å². The molecule has 0 aliphatic heterocycles. The largest absolute Gasteiger partial charge is 0.456 e.